The maximum Gasteiger partial charge on any atom is 0.322 e. The fourth-order valence-electron chi connectivity index (χ4n) is 4.99. The van der Waals surface area contributed by atoms with Crippen molar-refractivity contribution in [3.05, 3.63) is 47.7 Å². The molecule has 1 aliphatic rings. The summed E-state index contributed by atoms with van der Waals surface area (Å²) in [6.45, 7) is 10.2. The molecule has 2 heterocycles. The molecule has 0 aliphatic carbocycles. The molecule has 5 atom stereocenters. The molecule has 0 saturated carbocycles. The van der Waals surface area contributed by atoms with Gasteiger partial charge in [0.05, 0.1) is 11.4 Å². The Balaban J connectivity index is 1.76. The number of esters is 1. The van der Waals surface area contributed by atoms with Crippen LogP contribution in [-0.2, 0) is 35.1 Å². The van der Waals surface area contributed by atoms with Gasteiger partial charge in [0.25, 0.3) is 5.91 Å². The number of rotatable bonds is 12. The minimum Gasteiger partial charge on any atom is -0.480 e. The molecule has 0 bridgehead atoms. The van der Waals surface area contributed by atoms with Crippen molar-refractivity contribution in [1.82, 2.24) is 26.1 Å². The maximum absolute atomic E-state index is 13.6. The number of carboxylic acids is 1. The SMILES string of the molecule is CCc1ccc2ccc(/C=C/[C@@H](C(=O)N[C@H](C(=O)N[C@@H](C)C(=O)N3CCC[C@@H](C(=O)O)N3)C(C)C)[C@H](C)OC(C)=O)cc2n1. The zero-order valence-corrected chi connectivity index (χ0v) is 26.1. The molecule has 4 N–H and O–H groups in total. The number of hydrogen-bond donors (Lipinski definition) is 4. The van der Waals surface area contributed by atoms with Crippen LogP contribution in [0.15, 0.2) is 36.4 Å². The summed E-state index contributed by atoms with van der Waals surface area (Å²) in [5.74, 6) is -4.47. The second-order valence-electron chi connectivity index (χ2n) is 11.4. The van der Waals surface area contributed by atoms with Crippen molar-refractivity contribution < 1.29 is 33.8 Å². The predicted molar refractivity (Wildman–Crippen MR) is 165 cm³/mol. The number of carbonyl (C=O) groups excluding carboxylic acids is 4. The van der Waals surface area contributed by atoms with Gasteiger partial charge in [-0.3, -0.25) is 34.0 Å². The van der Waals surface area contributed by atoms with Crippen LogP contribution < -0.4 is 16.1 Å². The molecule has 1 aromatic carbocycles. The lowest BCUT2D eigenvalue weighted by Crippen LogP contribution is -2.61. The number of nitrogens with one attached hydrogen (secondary N) is 3. The van der Waals surface area contributed by atoms with Crippen molar-refractivity contribution >= 4 is 46.6 Å². The summed E-state index contributed by atoms with van der Waals surface area (Å²) in [6.07, 6.45) is 4.25. The van der Waals surface area contributed by atoms with Crippen molar-refractivity contribution in [3.8, 4) is 0 Å². The summed E-state index contributed by atoms with van der Waals surface area (Å²) < 4.78 is 5.35. The number of aliphatic carboxylic acids is 1. The molecule has 0 radical (unpaired) electrons. The molecule has 1 aromatic heterocycles. The second-order valence-corrected chi connectivity index (χ2v) is 11.4. The van der Waals surface area contributed by atoms with Crippen molar-refractivity contribution in [2.24, 2.45) is 11.8 Å². The number of benzene rings is 1. The molecule has 2 aromatic rings. The Morgan fingerprint density at radius 1 is 1.09 bits per heavy atom. The average Bonchev–Trinajstić information content (AvgIpc) is 2.98. The summed E-state index contributed by atoms with van der Waals surface area (Å²) in [6, 6.07) is 6.87. The van der Waals surface area contributed by atoms with Crippen molar-refractivity contribution in [2.45, 2.75) is 85.0 Å². The van der Waals surface area contributed by atoms with Gasteiger partial charge in [0.15, 0.2) is 0 Å². The van der Waals surface area contributed by atoms with E-state index in [1.807, 2.05) is 37.3 Å². The summed E-state index contributed by atoms with van der Waals surface area (Å²) in [5.41, 5.74) is 5.27. The highest BCUT2D eigenvalue weighted by atomic mass is 16.5. The number of hydrogen-bond acceptors (Lipinski definition) is 8. The van der Waals surface area contributed by atoms with E-state index in [0.29, 0.717) is 19.4 Å². The quantitative estimate of drug-likeness (QED) is 0.265. The van der Waals surface area contributed by atoms with Crippen LogP contribution in [0.4, 0.5) is 0 Å². The Labute approximate surface area is 257 Å². The molecule has 238 valence electrons. The minimum atomic E-state index is -1.06. The van der Waals surface area contributed by atoms with E-state index in [0.717, 1.165) is 28.6 Å². The lowest BCUT2D eigenvalue weighted by Gasteiger charge is -2.34. The number of amides is 3. The molecule has 44 heavy (non-hydrogen) atoms. The minimum absolute atomic E-state index is 0.308. The van der Waals surface area contributed by atoms with Crippen molar-refractivity contribution in [1.29, 1.82) is 0 Å². The number of aromatic nitrogens is 1. The zero-order valence-electron chi connectivity index (χ0n) is 26.1. The first-order valence-electron chi connectivity index (χ1n) is 15.0. The van der Waals surface area contributed by atoms with Crippen LogP contribution >= 0.6 is 0 Å². The van der Waals surface area contributed by atoms with Crippen molar-refractivity contribution in [3.63, 3.8) is 0 Å². The highest BCUT2D eigenvalue weighted by molar-refractivity contribution is 5.93. The van der Waals surface area contributed by atoms with Gasteiger partial charge in [0.2, 0.25) is 11.8 Å². The smallest absolute Gasteiger partial charge is 0.322 e. The third kappa shape index (κ3) is 9.09. The van der Waals surface area contributed by atoms with Gasteiger partial charge in [0, 0.05) is 24.5 Å². The number of carboxylic acid groups (broad SMARTS) is 1. The average molecular weight is 610 g/mol. The highest BCUT2D eigenvalue weighted by Gasteiger charge is 2.34. The summed E-state index contributed by atoms with van der Waals surface area (Å²) in [4.78, 5) is 67.6. The Morgan fingerprint density at radius 3 is 2.43 bits per heavy atom. The number of carbonyl (C=O) groups is 5. The maximum atomic E-state index is 13.6. The molecule has 1 aliphatic heterocycles. The third-order valence-corrected chi connectivity index (χ3v) is 7.52. The number of pyridine rings is 1. The molecule has 3 rings (SSSR count). The predicted octanol–water partition coefficient (Wildman–Crippen LogP) is 2.60. The van der Waals surface area contributed by atoms with E-state index in [1.165, 1.54) is 18.9 Å². The molecular weight excluding hydrogens is 566 g/mol. The topological polar surface area (TPSA) is 167 Å². The second kappa shape index (κ2) is 15.4. The monoisotopic (exact) mass is 609 g/mol. The summed E-state index contributed by atoms with van der Waals surface area (Å²) in [7, 11) is 0. The first-order valence-corrected chi connectivity index (χ1v) is 15.0. The van der Waals surface area contributed by atoms with Crippen LogP contribution in [-0.4, -0.2) is 75.5 Å². The van der Waals surface area contributed by atoms with Gasteiger partial charge in [-0.15, -0.1) is 0 Å². The molecule has 12 heteroatoms. The van der Waals surface area contributed by atoms with E-state index in [2.05, 4.69) is 21.0 Å². The van der Waals surface area contributed by atoms with Gasteiger partial charge in [-0.25, -0.2) is 5.43 Å². The first-order chi connectivity index (χ1) is 20.8. The molecule has 1 fully saturated rings. The van der Waals surface area contributed by atoms with Crippen LogP contribution in [0.5, 0.6) is 0 Å². The molecule has 12 nitrogen and oxygen atoms in total. The summed E-state index contributed by atoms with van der Waals surface area (Å²) in [5, 5.41) is 16.9. The normalized spacial score (nSPS) is 18.0. The van der Waals surface area contributed by atoms with Gasteiger partial charge >= 0.3 is 11.9 Å². The van der Waals surface area contributed by atoms with E-state index in [-0.39, 0.29) is 5.92 Å². The van der Waals surface area contributed by atoms with Gasteiger partial charge in [0.1, 0.15) is 24.2 Å². The Morgan fingerprint density at radius 2 is 1.80 bits per heavy atom. The van der Waals surface area contributed by atoms with Gasteiger partial charge in [-0.2, -0.15) is 0 Å². The first kappa shape index (κ1) is 34.2. The zero-order chi connectivity index (χ0) is 32.6. The van der Waals surface area contributed by atoms with E-state index >= 15 is 0 Å². The fourth-order valence-corrected chi connectivity index (χ4v) is 4.99. The Hall–Kier alpha value is -4.32. The number of ether oxygens (including phenoxy) is 1. The Bertz CT molecular complexity index is 1410. The molecule has 0 spiro atoms. The Kier molecular flexibility index (Phi) is 12.0. The van der Waals surface area contributed by atoms with Crippen LogP contribution in [0.25, 0.3) is 17.0 Å². The van der Waals surface area contributed by atoms with Crippen LogP contribution in [0.2, 0.25) is 0 Å². The van der Waals surface area contributed by atoms with E-state index in [1.54, 1.807) is 32.9 Å². The van der Waals surface area contributed by atoms with Gasteiger partial charge < -0.3 is 20.5 Å². The number of hydrazine groups is 1. The molecule has 3 amide bonds. The van der Waals surface area contributed by atoms with E-state index < -0.39 is 59.8 Å². The van der Waals surface area contributed by atoms with Gasteiger partial charge in [-0.05, 0) is 56.7 Å². The summed E-state index contributed by atoms with van der Waals surface area (Å²) >= 11 is 0. The van der Waals surface area contributed by atoms with Crippen LogP contribution in [0.1, 0.15) is 65.6 Å². The third-order valence-electron chi connectivity index (χ3n) is 7.52. The molecule has 1 saturated heterocycles. The number of aryl methyl sites for hydroxylation is 1. The largest absolute Gasteiger partial charge is 0.480 e. The lowest BCUT2D eigenvalue weighted by molar-refractivity contribution is -0.150. The number of nitrogens with zero attached hydrogens (tertiary/aromatic N) is 2. The fraction of sp³-hybridized carbons (Fsp3) is 0.500. The standard InChI is InChI=1S/C32H43N5O7/c1-7-24-14-13-23-12-10-22(17-27(23)34-24)11-15-25(20(5)44-21(6)38)29(39)35-28(18(2)3)30(40)33-19(4)31(41)37-16-8-9-26(36-37)32(42)43/h10-15,17-20,25-26,28,36H,7-9,16H2,1-6H3,(H,33,40)(H,35,39)(H,42,43)/b15-11+/t19-,20-,25+,26-,28-/m0/s1. The molecular formula is C32H43N5O7. The van der Waals surface area contributed by atoms with Crippen molar-refractivity contribution in [2.75, 3.05) is 6.54 Å². The van der Waals surface area contributed by atoms with Gasteiger partial charge in [-0.1, -0.05) is 51.1 Å². The van der Waals surface area contributed by atoms with E-state index in [9.17, 15) is 29.1 Å². The highest BCUT2D eigenvalue weighted by Crippen LogP contribution is 2.19. The van der Waals surface area contributed by atoms with E-state index in [4.69, 9.17) is 4.74 Å². The van der Waals surface area contributed by atoms with Crippen LogP contribution in [0.3, 0.4) is 0 Å². The molecule has 0 unspecified atom stereocenters. The lowest BCUT2D eigenvalue weighted by atomic mass is 9.97. The van der Waals surface area contributed by atoms with Crippen LogP contribution in [0, 0.1) is 11.8 Å². The number of fused-ring (bicyclic) bond motifs is 1.